The second-order valence-corrected chi connectivity index (χ2v) is 5.93. The zero-order valence-corrected chi connectivity index (χ0v) is 12.3. The third-order valence-electron chi connectivity index (χ3n) is 3.92. The maximum absolute atomic E-state index is 6.05. The lowest BCUT2D eigenvalue weighted by atomic mass is 9.77. The van der Waals surface area contributed by atoms with Crippen molar-refractivity contribution >= 4 is 18.4 Å². The highest BCUT2D eigenvalue weighted by molar-refractivity contribution is 6.62. The second kappa shape index (κ2) is 4.78. The Labute approximate surface area is 115 Å². The Morgan fingerprint density at radius 2 is 1.84 bits per heavy atom. The molecule has 19 heavy (non-hydrogen) atoms. The fourth-order valence-corrected chi connectivity index (χ4v) is 2.05. The molecule has 0 saturated carbocycles. The topological polar surface area (TPSA) is 69.4 Å². The van der Waals surface area contributed by atoms with E-state index in [9.17, 15) is 0 Å². The summed E-state index contributed by atoms with van der Waals surface area (Å²) in [6, 6.07) is 1.86. The van der Waals surface area contributed by atoms with Gasteiger partial charge in [-0.05, 0) is 46.4 Å². The van der Waals surface area contributed by atoms with E-state index in [1.807, 2.05) is 40.8 Å². The molecular formula is C13H22BN3O2. The molecule has 0 spiro atoms. The highest BCUT2D eigenvalue weighted by Gasteiger charge is 2.52. The summed E-state index contributed by atoms with van der Waals surface area (Å²) < 4.78 is 12.1. The molecule has 0 aromatic carbocycles. The molecule has 0 aliphatic carbocycles. The van der Waals surface area contributed by atoms with E-state index in [0.717, 1.165) is 11.0 Å². The largest absolute Gasteiger partial charge is 0.496 e. The lowest BCUT2D eigenvalue weighted by molar-refractivity contribution is 0.00578. The molecule has 1 fully saturated rings. The average Bonchev–Trinajstić information content (AvgIpc) is 2.48. The molecule has 2 rings (SSSR count). The van der Waals surface area contributed by atoms with Crippen LogP contribution in [-0.2, 0) is 15.9 Å². The van der Waals surface area contributed by atoms with Gasteiger partial charge in [-0.3, -0.25) is 0 Å². The lowest BCUT2D eigenvalue weighted by Gasteiger charge is -2.32. The fourth-order valence-electron chi connectivity index (χ4n) is 2.05. The number of nitrogens with two attached hydrogens (primary N) is 1. The van der Waals surface area contributed by atoms with E-state index in [1.165, 1.54) is 0 Å². The van der Waals surface area contributed by atoms with Crippen molar-refractivity contribution in [3.05, 3.63) is 17.8 Å². The van der Waals surface area contributed by atoms with E-state index >= 15 is 0 Å². The Bertz CT molecular complexity index is 461. The Morgan fingerprint density at radius 1 is 1.26 bits per heavy atom. The number of rotatable bonds is 3. The summed E-state index contributed by atoms with van der Waals surface area (Å²) in [6.45, 7) is 8.85. The van der Waals surface area contributed by atoms with E-state index < -0.39 is 7.12 Å². The van der Waals surface area contributed by atoms with Gasteiger partial charge < -0.3 is 20.4 Å². The number of pyridine rings is 1. The number of nitrogens with one attached hydrogen (secondary N) is 1. The summed E-state index contributed by atoms with van der Waals surface area (Å²) >= 11 is 0. The third kappa shape index (κ3) is 2.61. The van der Waals surface area contributed by atoms with Crippen molar-refractivity contribution < 1.29 is 9.31 Å². The van der Waals surface area contributed by atoms with Crippen LogP contribution in [0.3, 0.4) is 0 Å². The second-order valence-electron chi connectivity index (χ2n) is 5.93. The van der Waals surface area contributed by atoms with Crippen LogP contribution >= 0.6 is 0 Å². The van der Waals surface area contributed by atoms with E-state index in [-0.39, 0.29) is 11.2 Å². The van der Waals surface area contributed by atoms with Crippen molar-refractivity contribution in [2.24, 2.45) is 0 Å². The van der Waals surface area contributed by atoms with Gasteiger partial charge in [-0.15, -0.1) is 0 Å². The van der Waals surface area contributed by atoms with Crippen molar-refractivity contribution in [1.29, 1.82) is 0 Å². The minimum Gasteiger partial charge on any atom is -0.399 e. The smallest absolute Gasteiger partial charge is 0.399 e. The molecule has 0 bridgehead atoms. The van der Waals surface area contributed by atoms with E-state index in [4.69, 9.17) is 15.0 Å². The minimum absolute atomic E-state index is 0.351. The predicted octanol–water partition coefficient (Wildman–Crippen LogP) is 0.682. The first-order chi connectivity index (χ1) is 8.77. The van der Waals surface area contributed by atoms with E-state index in [0.29, 0.717) is 12.4 Å². The van der Waals surface area contributed by atoms with Crippen LogP contribution in [0.4, 0.5) is 5.82 Å². The van der Waals surface area contributed by atoms with Crippen LogP contribution in [0.5, 0.6) is 0 Å². The highest BCUT2D eigenvalue weighted by atomic mass is 16.7. The normalized spacial score (nSPS) is 20.8. The molecule has 6 heteroatoms. The standard InChI is InChI=1S/C13H22BN3O2/c1-12(2)13(3,4)19-14(18-12)10-8-17-11(15)6-9(10)7-16-5/h6,8,16H,7H2,1-5H3,(H2,15,17). The first-order valence-corrected chi connectivity index (χ1v) is 6.51. The number of aromatic nitrogens is 1. The van der Waals surface area contributed by atoms with Gasteiger partial charge in [0, 0.05) is 18.2 Å². The van der Waals surface area contributed by atoms with Gasteiger partial charge in [0.1, 0.15) is 5.82 Å². The van der Waals surface area contributed by atoms with Crippen molar-refractivity contribution in [2.45, 2.75) is 45.4 Å². The molecule has 5 nitrogen and oxygen atoms in total. The number of hydrogen-bond acceptors (Lipinski definition) is 5. The molecule has 1 aromatic heterocycles. The first kappa shape index (κ1) is 14.3. The van der Waals surface area contributed by atoms with Gasteiger partial charge in [0.05, 0.1) is 11.2 Å². The van der Waals surface area contributed by atoms with Gasteiger partial charge in [0.15, 0.2) is 0 Å². The molecule has 1 aliphatic rings. The number of nitrogens with zero attached hydrogens (tertiary/aromatic N) is 1. The Balaban J connectivity index is 2.34. The number of anilines is 1. The van der Waals surface area contributed by atoms with Crippen molar-refractivity contribution in [3.8, 4) is 0 Å². The monoisotopic (exact) mass is 263 g/mol. The first-order valence-electron chi connectivity index (χ1n) is 6.51. The molecule has 0 atom stereocenters. The molecule has 0 amide bonds. The number of nitrogen functional groups attached to an aromatic ring is 1. The lowest BCUT2D eigenvalue weighted by Crippen LogP contribution is -2.41. The zero-order valence-electron chi connectivity index (χ0n) is 12.3. The molecule has 0 radical (unpaired) electrons. The summed E-state index contributed by atoms with van der Waals surface area (Å²) in [5.74, 6) is 0.505. The summed E-state index contributed by atoms with van der Waals surface area (Å²) in [6.07, 6.45) is 1.74. The fraction of sp³-hybridized carbons (Fsp3) is 0.615. The van der Waals surface area contributed by atoms with Crippen molar-refractivity contribution in [2.75, 3.05) is 12.8 Å². The Kier molecular flexibility index (Phi) is 3.60. The summed E-state index contributed by atoms with van der Waals surface area (Å²) in [7, 11) is 1.49. The zero-order chi connectivity index (χ0) is 14.3. The van der Waals surface area contributed by atoms with Gasteiger partial charge in [-0.25, -0.2) is 4.98 Å². The molecular weight excluding hydrogens is 241 g/mol. The van der Waals surface area contributed by atoms with Gasteiger partial charge in [-0.2, -0.15) is 0 Å². The Hall–Kier alpha value is -1.11. The van der Waals surface area contributed by atoms with Gasteiger partial charge in [-0.1, -0.05) is 0 Å². The van der Waals surface area contributed by atoms with Gasteiger partial charge >= 0.3 is 7.12 Å². The third-order valence-corrected chi connectivity index (χ3v) is 3.92. The Morgan fingerprint density at radius 3 is 2.37 bits per heavy atom. The molecule has 2 heterocycles. The number of hydrogen-bond donors (Lipinski definition) is 2. The van der Waals surface area contributed by atoms with Crippen LogP contribution in [0.25, 0.3) is 0 Å². The maximum Gasteiger partial charge on any atom is 0.496 e. The van der Waals surface area contributed by atoms with Crippen molar-refractivity contribution in [3.63, 3.8) is 0 Å². The predicted molar refractivity (Wildman–Crippen MR) is 77.1 cm³/mol. The van der Waals surface area contributed by atoms with Gasteiger partial charge in [0.2, 0.25) is 0 Å². The van der Waals surface area contributed by atoms with Crippen LogP contribution in [0.15, 0.2) is 12.3 Å². The summed E-state index contributed by atoms with van der Waals surface area (Å²) in [4.78, 5) is 4.15. The minimum atomic E-state index is -0.401. The highest BCUT2D eigenvalue weighted by Crippen LogP contribution is 2.36. The van der Waals surface area contributed by atoms with E-state index in [1.54, 1.807) is 6.20 Å². The van der Waals surface area contributed by atoms with Crippen LogP contribution in [-0.4, -0.2) is 30.4 Å². The molecule has 0 unspecified atom stereocenters. The SMILES string of the molecule is CNCc1cc(N)ncc1B1OC(C)(C)C(C)(C)O1. The maximum atomic E-state index is 6.05. The van der Waals surface area contributed by atoms with Crippen LogP contribution in [0.1, 0.15) is 33.3 Å². The molecule has 3 N–H and O–H groups in total. The quantitative estimate of drug-likeness (QED) is 0.785. The molecule has 104 valence electrons. The van der Waals surface area contributed by atoms with Crippen LogP contribution in [0, 0.1) is 0 Å². The molecule has 1 saturated heterocycles. The molecule has 1 aromatic rings. The van der Waals surface area contributed by atoms with Gasteiger partial charge in [0.25, 0.3) is 0 Å². The molecule has 1 aliphatic heterocycles. The van der Waals surface area contributed by atoms with E-state index in [2.05, 4.69) is 10.3 Å². The summed E-state index contributed by atoms with van der Waals surface area (Å²) in [5.41, 5.74) is 7.02. The van der Waals surface area contributed by atoms with Crippen LogP contribution in [0.2, 0.25) is 0 Å². The average molecular weight is 263 g/mol. The van der Waals surface area contributed by atoms with Crippen molar-refractivity contribution in [1.82, 2.24) is 10.3 Å². The summed E-state index contributed by atoms with van der Waals surface area (Å²) in [5, 5.41) is 3.12. The van der Waals surface area contributed by atoms with Crippen LogP contribution < -0.4 is 16.5 Å².